The van der Waals surface area contributed by atoms with E-state index in [1.54, 1.807) is 0 Å². The molecule has 0 spiro atoms. The van der Waals surface area contributed by atoms with Crippen LogP contribution in [0.1, 0.15) is 226 Å². The number of allylic oxidation sites excluding steroid dienone is 16. The summed E-state index contributed by atoms with van der Waals surface area (Å²) in [7, 11) is 1.61. The molecule has 0 bridgehead atoms. The molecule has 69 heavy (non-hydrogen) atoms. The highest BCUT2D eigenvalue weighted by molar-refractivity contribution is 7.47. The van der Waals surface area contributed by atoms with Crippen molar-refractivity contribution in [2.45, 2.75) is 238 Å². The average Bonchev–Trinajstić information content (AvgIpc) is 3.31. The number of amides is 1. The van der Waals surface area contributed by atoms with E-state index < -0.39 is 20.0 Å². The Labute approximate surface area is 426 Å². The number of nitrogens with zero attached hydrogens (tertiary/aromatic N) is 1. The predicted molar refractivity (Wildman–Crippen MR) is 299 cm³/mol. The standard InChI is InChI=1S/C60H107N2O6P/c1-6-8-10-12-14-15-16-17-18-19-20-21-22-23-24-25-26-27-28-29-30-31-32-33-34-35-36-37-38-39-40-41-42-43-44-45-46-47-48-50-52-54-60(64)61-58(59(63)53-51-49-13-11-9-7-2)57-68-69(65,66)67-56-55-62(3,4)5/h8,10,14-15,17-18,20-21,23-24,26-27,29-30,32-33,58-59,63H,6-7,9,11-13,16,19,22,25,28,31,34-57H2,1-5H3,(H-,61,64,65,66)/p+1/b10-8-,15-14-,18-17-,21-20-,24-23-,27-26-,30-29-,33-32-. The van der Waals surface area contributed by atoms with Gasteiger partial charge in [-0.1, -0.05) is 239 Å². The van der Waals surface area contributed by atoms with Gasteiger partial charge in [0.25, 0.3) is 0 Å². The van der Waals surface area contributed by atoms with Gasteiger partial charge in [0.15, 0.2) is 0 Å². The van der Waals surface area contributed by atoms with Crippen molar-refractivity contribution in [1.82, 2.24) is 5.32 Å². The lowest BCUT2D eigenvalue weighted by Crippen LogP contribution is -2.46. The smallest absolute Gasteiger partial charge is 0.391 e. The van der Waals surface area contributed by atoms with Crippen LogP contribution in [0.15, 0.2) is 97.2 Å². The quantitative estimate of drug-likeness (QED) is 0.0243. The van der Waals surface area contributed by atoms with Crippen LogP contribution in [0.3, 0.4) is 0 Å². The van der Waals surface area contributed by atoms with E-state index in [-0.39, 0.29) is 19.1 Å². The van der Waals surface area contributed by atoms with E-state index in [0.29, 0.717) is 23.9 Å². The van der Waals surface area contributed by atoms with Crippen LogP contribution in [-0.4, -0.2) is 73.4 Å². The maximum Gasteiger partial charge on any atom is 0.472 e. The van der Waals surface area contributed by atoms with Crippen molar-refractivity contribution in [2.75, 3.05) is 40.9 Å². The van der Waals surface area contributed by atoms with Gasteiger partial charge in [-0.15, -0.1) is 0 Å². The second-order valence-electron chi connectivity index (χ2n) is 19.9. The fourth-order valence-corrected chi connectivity index (χ4v) is 8.44. The molecule has 398 valence electrons. The second kappa shape index (κ2) is 50.4. The van der Waals surface area contributed by atoms with Gasteiger partial charge >= 0.3 is 7.82 Å². The summed E-state index contributed by atoms with van der Waals surface area (Å²) in [6, 6.07) is -0.760. The molecule has 0 aromatic carbocycles. The third-order valence-corrected chi connectivity index (χ3v) is 13.1. The van der Waals surface area contributed by atoms with E-state index in [2.05, 4.69) is 116 Å². The first-order valence-corrected chi connectivity index (χ1v) is 29.6. The van der Waals surface area contributed by atoms with E-state index in [1.807, 2.05) is 21.1 Å². The fourth-order valence-electron chi connectivity index (χ4n) is 7.71. The number of phosphoric ester groups is 1. The topological polar surface area (TPSA) is 105 Å². The van der Waals surface area contributed by atoms with Gasteiger partial charge in [-0.25, -0.2) is 4.57 Å². The molecule has 3 N–H and O–H groups in total. The summed E-state index contributed by atoms with van der Waals surface area (Å²) in [5.41, 5.74) is 0. The normalized spacial score (nSPS) is 14.7. The van der Waals surface area contributed by atoms with E-state index >= 15 is 0 Å². The molecule has 3 atom stereocenters. The van der Waals surface area contributed by atoms with Gasteiger partial charge in [-0.05, 0) is 77.0 Å². The molecule has 0 saturated carbocycles. The molecule has 0 aliphatic rings. The minimum atomic E-state index is -4.31. The SMILES string of the molecule is CC/C=C\C/C=C\C/C=C\C/C=C\C/C=C\C/C=C\C/C=C\C/C=C\CCCCCCCCCCCCCCCCCCC(=O)NC(COP(=O)(O)OCC[N+](C)(C)C)C(O)CCCCCCCC. The van der Waals surface area contributed by atoms with Gasteiger partial charge in [0.05, 0.1) is 39.9 Å². The van der Waals surface area contributed by atoms with Crippen LogP contribution < -0.4 is 5.32 Å². The summed E-state index contributed by atoms with van der Waals surface area (Å²) in [5, 5.41) is 13.8. The number of hydrogen-bond donors (Lipinski definition) is 3. The van der Waals surface area contributed by atoms with E-state index in [4.69, 9.17) is 9.05 Å². The lowest BCUT2D eigenvalue weighted by Gasteiger charge is -2.26. The van der Waals surface area contributed by atoms with Gasteiger partial charge in [0.1, 0.15) is 13.2 Å². The summed E-state index contributed by atoms with van der Waals surface area (Å²) in [4.78, 5) is 23.1. The number of quaternary nitrogens is 1. The second-order valence-corrected chi connectivity index (χ2v) is 21.4. The van der Waals surface area contributed by atoms with Crippen LogP contribution in [0, 0.1) is 0 Å². The third-order valence-electron chi connectivity index (χ3n) is 12.1. The molecule has 1 amide bonds. The Morgan fingerprint density at radius 3 is 1.28 bits per heavy atom. The number of carbonyl (C=O) groups excluding carboxylic acids is 1. The van der Waals surface area contributed by atoms with Gasteiger partial charge in [0.2, 0.25) is 5.91 Å². The Morgan fingerprint density at radius 2 is 0.870 bits per heavy atom. The first kappa shape index (κ1) is 66.4. The molecule has 0 heterocycles. The fraction of sp³-hybridized carbons (Fsp3) is 0.717. The third kappa shape index (κ3) is 53.1. The maximum absolute atomic E-state index is 12.9. The molecule has 9 heteroatoms. The van der Waals surface area contributed by atoms with Crippen LogP contribution in [0.25, 0.3) is 0 Å². The molecule has 0 rings (SSSR count). The Morgan fingerprint density at radius 1 is 0.507 bits per heavy atom. The number of hydrogen-bond acceptors (Lipinski definition) is 5. The number of nitrogens with one attached hydrogen (secondary N) is 1. The zero-order valence-corrected chi connectivity index (χ0v) is 46.2. The Hall–Kier alpha value is -2.58. The molecule has 0 aromatic heterocycles. The largest absolute Gasteiger partial charge is 0.472 e. The predicted octanol–water partition coefficient (Wildman–Crippen LogP) is 17.0. The van der Waals surface area contributed by atoms with Crippen molar-refractivity contribution in [3.05, 3.63) is 97.2 Å². The molecule has 0 radical (unpaired) electrons. The van der Waals surface area contributed by atoms with Gasteiger partial charge < -0.3 is 19.8 Å². The summed E-state index contributed by atoms with van der Waals surface area (Å²) in [6.07, 6.45) is 72.3. The highest BCUT2D eigenvalue weighted by Gasteiger charge is 2.28. The summed E-state index contributed by atoms with van der Waals surface area (Å²) in [6.45, 7) is 4.70. The van der Waals surface area contributed by atoms with Gasteiger partial charge in [-0.2, -0.15) is 0 Å². The van der Waals surface area contributed by atoms with E-state index in [0.717, 1.165) is 89.9 Å². The minimum Gasteiger partial charge on any atom is -0.391 e. The van der Waals surface area contributed by atoms with Crippen molar-refractivity contribution >= 4 is 13.7 Å². The van der Waals surface area contributed by atoms with Gasteiger partial charge in [-0.3, -0.25) is 13.8 Å². The highest BCUT2D eigenvalue weighted by Crippen LogP contribution is 2.43. The van der Waals surface area contributed by atoms with E-state index in [1.165, 1.54) is 109 Å². The maximum atomic E-state index is 12.9. The zero-order valence-electron chi connectivity index (χ0n) is 45.3. The highest BCUT2D eigenvalue weighted by atomic mass is 31.2. The van der Waals surface area contributed by atoms with Crippen molar-refractivity contribution in [3.63, 3.8) is 0 Å². The van der Waals surface area contributed by atoms with Crippen molar-refractivity contribution in [3.8, 4) is 0 Å². The van der Waals surface area contributed by atoms with Crippen LogP contribution in [0.5, 0.6) is 0 Å². The number of likely N-dealkylation sites (N-methyl/N-ethyl adjacent to an activating group) is 1. The van der Waals surface area contributed by atoms with Crippen LogP contribution in [-0.2, 0) is 18.4 Å². The first-order chi connectivity index (χ1) is 33.5. The summed E-state index contributed by atoms with van der Waals surface area (Å²) < 4.78 is 23.5. The van der Waals surface area contributed by atoms with E-state index in [9.17, 15) is 19.4 Å². The molecule has 0 aliphatic carbocycles. The van der Waals surface area contributed by atoms with Crippen LogP contribution in [0.2, 0.25) is 0 Å². The number of carbonyl (C=O) groups is 1. The Bertz CT molecular complexity index is 1440. The number of aliphatic hydroxyl groups is 1. The molecule has 0 aromatic rings. The van der Waals surface area contributed by atoms with Gasteiger partial charge in [0, 0.05) is 6.42 Å². The molecular formula is C60H108N2O6P+. The monoisotopic (exact) mass is 984 g/mol. The number of phosphoric acid groups is 1. The first-order valence-electron chi connectivity index (χ1n) is 28.1. The summed E-state index contributed by atoms with van der Waals surface area (Å²) >= 11 is 0. The lowest BCUT2D eigenvalue weighted by atomic mass is 10.0. The molecule has 3 unspecified atom stereocenters. The molecule has 0 aliphatic heterocycles. The Kier molecular flexibility index (Phi) is 48.5. The van der Waals surface area contributed by atoms with Crippen LogP contribution in [0.4, 0.5) is 0 Å². The number of rotatable bonds is 50. The summed E-state index contributed by atoms with van der Waals surface area (Å²) in [5.74, 6) is -0.152. The van der Waals surface area contributed by atoms with Crippen LogP contribution >= 0.6 is 7.82 Å². The minimum absolute atomic E-state index is 0.0717. The lowest BCUT2D eigenvalue weighted by molar-refractivity contribution is -0.870. The zero-order chi connectivity index (χ0) is 50.6. The number of unbranched alkanes of at least 4 members (excludes halogenated alkanes) is 21. The van der Waals surface area contributed by atoms with Crippen molar-refractivity contribution in [2.24, 2.45) is 0 Å². The Balaban J connectivity index is 3.82. The van der Waals surface area contributed by atoms with Crippen molar-refractivity contribution in [1.29, 1.82) is 0 Å². The molecule has 8 nitrogen and oxygen atoms in total. The van der Waals surface area contributed by atoms with Crippen molar-refractivity contribution < 1.29 is 32.9 Å². The molecule has 0 fully saturated rings. The number of aliphatic hydroxyl groups excluding tert-OH is 1. The average molecular weight is 985 g/mol. The molecule has 0 saturated heterocycles. The molecular weight excluding hydrogens is 876 g/mol.